The lowest BCUT2D eigenvalue weighted by Gasteiger charge is -2.09. The van der Waals surface area contributed by atoms with Gasteiger partial charge in [0.15, 0.2) is 0 Å². The Bertz CT molecular complexity index is 1210. The fraction of sp³-hybridized carbons (Fsp3) is 0.143. The van der Waals surface area contributed by atoms with Crippen molar-refractivity contribution in [1.29, 1.82) is 5.26 Å². The monoisotopic (exact) mass is 403 g/mol. The second-order valence-corrected chi connectivity index (χ2v) is 6.41. The highest BCUT2D eigenvalue weighted by Gasteiger charge is 2.14. The first-order valence-electron chi connectivity index (χ1n) is 9.07. The van der Waals surface area contributed by atoms with Crippen molar-refractivity contribution in [1.82, 2.24) is 9.78 Å². The van der Waals surface area contributed by atoms with E-state index in [1.54, 1.807) is 6.07 Å². The number of non-ortho nitro benzene ring substituents is 1. The number of aromatic nitrogens is 2. The molecule has 1 heterocycles. The van der Waals surface area contributed by atoms with E-state index in [4.69, 9.17) is 0 Å². The summed E-state index contributed by atoms with van der Waals surface area (Å²) in [6, 6.07) is 16.0. The third kappa shape index (κ3) is 4.56. The zero-order chi connectivity index (χ0) is 21.7. The molecule has 9 nitrogen and oxygen atoms in total. The Morgan fingerprint density at radius 2 is 1.93 bits per heavy atom. The fourth-order valence-corrected chi connectivity index (χ4v) is 2.80. The van der Waals surface area contributed by atoms with Gasteiger partial charge in [0.25, 0.3) is 11.2 Å². The van der Waals surface area contributed by atoms with Crippen molar-refractivity contribution < 1.29 is 9.72 Å². The molecule has 0 fully saturated rings. The van der Waals surface area contributed by atoms with Crippen molar-refractivity contribution in [3.8, 4) is 17.3 Å². The lowest BCUT2D eigenvalue weighted by molar-refractivity contribution is -0.384. The van der Waals surface area contributed by atoms with Gasteiger partial charge in [-0.15, -0.1) is 0 Å². The zero-order valence-corrected chi connectivity index (χ0v) is 16.0. The average molecular weight is 403 g/mol. The van der Waals surface area contributed by atoms with Crippen LogP contribution in [0.25, 0.3) is 11.3 Å². The Morgan fingerprint density at radius 1 is 1.20 bits per heavy atom. The van der Waals surface area contributed by atoms with Crippen molar-refractivity contribution in [2.24, 2.45) is 0 Å². The summed E-state index contributed by atoms with van der Waals surface area (Å²) in [7, 11) is 0. The number of nitro benzene ring substituents is 1. The van der Waals surface area contributed by atoms with Crippen LogP contribution in [0.4, 0.5) is 11.4 Å². The highest BCUT2D eigenvalue weighted by molar-refractivity contribution is 5.92. The molecule has 0 saturated carbocycles. The van der Waals surface area contributed by atoms with Gasteiger partial charge in [0.05, 0.1) is 21.9 Å². The van der Waals surface area contributed by atoms with Gasteiger partial charge in [-0.3, -0.25) is 19.7 Å². The highest BCUT2D eigenvalue weighted by atomic mass is 16.6. The molecule has 30 heavy (non-hydrogen) atoms. The van der Waals surface area contributed by atoms with Crippen molar-refractivity contribution in [2.75, 3.05) is 5.32 Å². The maximum Gasteiger partial charge on any atom is 0.270 e. The SMILES string of the molecule is CCc1ccc(-c2ccc(=O)n(CC(=O)Nc3ccc([N+](=O)[O-])cc3C#N)n2)cc1. The summed E-state index contributed by atoms with van der Waals surface area (Å²) in [4.78, 5) is 34.7. The standard InChI is InChI=1S/C21H17N5O4/c1-2-14-3-5-15(6-4-14)19-9-10-21(28)25(24-19)13-20(27)23-18-8-7-17(26(29)30)11-16(18)12-22/h3-11H,2,13H2,1H3,(H,23,27). The molecule has 0 aliphatic heterocycles. The van der Waals surface area contributed by atoms with Crippen LogP contribution in [-0.4, -0.2) is 20.6 Å². The van der Waals surface area contributed by atoms with E-state index >= 15 is 0 Å². The van der Waals surface area contributed by atoms with Crippen LogP contribution >= 0.6 is 0 Å². The van der Waals surface area contributed by atoms with Crippen molar-refractivity contribution in [3.63, 3.8) is 0 Å². The number of benzene rings is 2. The lowest BCUT2D eigenvalue weighted by atomic mass is 10.1. The minimum atomic E-state index is -0.630. The summed E-state index contributed by atoms with van der Waals surface area (Å²) in [6.45, 7) is 1.68. The molecule has 0 radical (unpaired) electrons. The Hall–Kier alpha value is -4.32. The van der Waals surface area contributed by atoms with Crippen molar-refractivity contribution >= 4 is 17.3 Å². The van der Waals surface area contributed by atoms with Gasteiger partial charge in [0.2, 0.25) is 5.91 Å². The van der Waals surface area contributed by atoms with Crippen molar-refractivity contribution in [3.05, 3.63) is 86.2 Å². The van der Waals surface area contributed by atoms with E-state index in [1.807, 2.05) is 30.3 Å². The predicted molar refractivity (Wildman–Crippen MR) is 110 cm³/mol. The van der Waals surface area contributed by atoms with Gasteiger partial charge in [-0.1, -0.05) is 31.2 Å². The minimum absolute atomic E-state index is 0.0531. The van der Waals surface area contributed by atoms with Crippen LogP contribution in [0.15, 0.2) is 59.4 Å². The first-order valence-corrected chi connectivity index (χ1v) is 9.07. The van der Waals surface area contributed by atoms with Crippen LogP contribution in [0.2, 0.25) is 0 Å². The summed E-state index contributed by atoms with van der Waals surface area (Å²) >= 11 is 0. The first kappa shape index (κ1) is 20.4. The Morgan fingerprint density at radius 3 is 2.57 bits per heavy atom. The third-order valence-corrected chi connectivity index (χ3v) is 4.43. The number of nitrogens with zero attached hydrogens (tertiary/aromatic N) is 4. The average Bonchev–Trinajstić information content (AvgIpc) is 2.75. The van der Waals surface area contributed by atoms with Crippen LogP contribution in [-0.2, 0) is 17.8 Å². The van der Waals surface area contributed by atoms with Crippen molar-refractivity contribution in [2.45, 2.75) is 19.9 Å². The number of nitriles is 1. The van der Waals surface area contributed by atoms with Gasteiger partial charge < -0.3 is 5.32 Å². The highest BCUT2D eigenvalue weighted by Crippen LogP contribution is 2.21. The molecule has 1 aromatic heterocycles. The van der Waals surface area contributed by atoms with E-state index in [-0.39, 0.29) is 23.5 Å². The van der Waals surface area contributed by atoms with Gasteiger partial charge in [-0.2, -0.15) is 10.4 Å². The molecular formula is C21H17N5O4. The van der Waals surface area contributed by atoms with Gasteiger partial charge in [-0.25, -0.2) is 4.68 Å². The quantitative estimate of drug-likeness (QED) is 0.497. The fourth-order valence-electron chi connectivity index (χ4n) is 2.80. The zero-order valence-electron chi connectivity index (χ0n) is 16.0. The number of hydrogen-bond donors (Lipinski definition) is 1. The number of nitrogens with one attached hydrogen (secondary N) is 1. The minimum Gasteiger partial charge on any atom is -0.323 e. The summed E-state index contributed by atoms with van der Waals surface area (Å²) in [6.07, 6.45) is 0.903. The molecule has 0 aliphatic carbocycles. The maximum absolute atomic E-state index is 12.4. The molecule has 3 aromatic rings. The van der Waals surface area contributed by atoms with Gasteiger partial charge in [0, 0.05) is 23.8 Å². The normalized spacial score (nSPS) is 10.3. The second-order valence-electron chi connectivity index (χ2n) is 6.41. The van der Waals surface area contributed by atoms with Crippen LogP contribution in [0.3, 0.4) is 0 Å². The summed E-state index contributed by atoms with van der Waals surface area (Å²) in [5.41, 5.74) is 1.87. The number of carbonyl (C=O) groups excluding carboxylic acids is 1. The predicted octanol–water partition coefficient (Wildman–Crippen LogP) is 2.89. The maximum atomic E-state index is 12.4. The van der Waals surface area contributed by atoms with Gasteiger partial charge in [-0.05, 0) is 24.1 Å². The number of hydrogen-bond acceptors (Lipinski definition) is 6. The molecule has 9 heteroatoms. The summed E-state index contributed by atoms with van der Waals surface area (Å²) in [5, 5.41) is 26.8. The molecule has 150 valence electrons. The lowest BCUT2D eigenvalue weighted by Crippen LogP contribution is -2.29. The molecule has 1 amide bonds. The Labute approximate surface area is 171 Å². The van der Waals surface area contributed by atoms with Crippen LogP contribution in [0.1, 0.15) is 18.1 Å². The van der Waals surface area contributed by atoms with E-state index in [0.29, 0.717) is 5.69 Å². The van der Waals surface area contributed by atoms with Gasteiger partial charge >= 0.3 is 0 Å². The molecule has 1 N–H and O–H groups in total. The van der Waals surface area contributed by atoms with E-state index in [9.17, 15) is 25.0 Å². The molecule has 2 aromatic carbocycles. The van der Waals surface area contributed by atoms with Crippen LogP contribution < -0.4 is 10.9 Å². The first-order chi connectivity index (χ1) is 14.4. The molecule has 3 rings (SSSR count). The Balaban J connectivity index is 1.81. The molecule has 0 aliphatic rings. The van der Waals surface area contributed by atoms with Crippen LogP contribution in [0.5, 0.6) is 0 Å². The number of amides is 1. The topological polar surface area (TPSA) is 131 Å². The second kappa shape index (κ2) is 8.79. The number of nitro groups is 1. The molecule has 0 bridgehead atoms. The van der Waals surface area contributed by atoms with E-state index in [1.165, 1.54) is 23.8 Å². The summed E-state index contributed by atoms with van der Waals surface area (Å²) in [5.74, 6) is -0.589. The molecule has 0 saturated heterocycles. The van der Waals surface area contributed by atoms with E-state index < -0.39 is 16.4 Å². The smallest absolute Gasteiger partial charge is 0.270 e. The molecular weight excluding hydrogens is 386 g/mol. The van der Waals surface area contributed by atoms with E-state index in [0.717, 1.165) is 22.7 Å². The van der Waals surface area contributed by atoms with E-state index in [2.05, 4.69) is 17.3 Å². The third-order valence-electron chi connectivity index (χ3n) is 4.43. The number of aryl methyl sites for hydroxylation is 1. The van der Waals surface area contributed by atoms with Crippen LogP contribution in [0, 0.1) is 21.4 Å². The largest absolute Gasteiger partial charge is 0.323 e. The molecule has 0 unspecified atom stereocenters. The number of rotatable bonds is 6. The molecule has 0 atom stereocenters. The number of anilines is 1. The number of carbonyl (C=O) groups is 1. The summed E-state index contributed by atoms with van der Waals surface area (Å²) < 4.78 is 1.02. The molecule has 0 spiro atoms. The Kier molecular flexibility index (Phi) is 5.98. The van der Waals surface area contributed by atoms with Gasteiger partial charge in [0.1, 0.15) is 12.6 Å².